The number of benzene rings is 3. The fourth-order valence-electron chi connectivity index (χ4n) is 4.83. The molecule has 1 aliphatic rings. The van der Waals surface area contributed by atoms with Crippen molar-refractivity contribution in [2.75, 3.05) is 24.7 Å². The van der Waals surface area contributed by atoms with Crippen LogP contribution in [0.2, 0.25) is 0 Å². The number of aryl methyl sites for hydroxylation is 1. The summed E-state index contributed by atoms with van der Waals surface area (Å²) in [5, 5.41) is 0.920. The maximum atomic E-state index is 13.1. The highest BCUT2D eigenvalue weighted by atomic mass is 16.6. The molecule has 0 bridgehead atoms. The Morgan fingerprint density at radius 3 is 2.39 bits per heavy atom. The zero-order valence-corrected chi connectivity index (χ0v) is 18.1. The van der Waals surface area contributed by atoms with Gasteiger partial charge in [0.2, 0.25) is 0 Å². The van der Waals surface area contributed by atoms with E-state index < -0.39 is 5.60 Å². The van der Waals surface area contributed by atoms with Gasteiger partial charge in [0, 0.05) is 60.3 Å². The van der Waals surface area contributed by atoms with Crippen molar-refractivity contribution in [3.8, 4) is 0 Å². The number of esters is 1. The summed E-state index contributed by atoms with van der Waals surface area (Å²) in [6.07, 6.45) is 0. The number of rotatable bonds is 3. The third-order valence-electron chi connectivity index (χ3n) is 6.47. The third kappa shape index (κ3) is 2.53. The molecule has 5 heteroatoms. The highest BCUT2D eigenvalue weighted by Crippen LogP contribution is 2.51. The van der Waals surface area contributed by atoms with Crippen LogP contribution >= 0.6 is 0 Å². The van der Waals surface area contributed by atoms with Gasteiger partial charge in [0.05, 0.1) is 11.1 Å². The molecule has 0 radical (unpaired) electrons. The van der Waals surface area contributed by atoms with Gasteiger partial charge < -0.3 is 19.9 Å². The van der Waals surface area contributed by atoms with Crippen LogP contribution < -0.4 is 10.6 Å². The van der Waals surface area contributed by atoms with Gasteiger partial charge >= 0.3 is 5.97 Å². The van der Waals surface area contributed by atoms with Gasteiger partial charge in [0.15, 0.2) is 5.60 Å². The number of aromatic nitrogens is 1. The first-order valence-corrected chi connectivity index (χ1v) is 10.3. The number of hydrogen-bond donors (Lipinski definition) is 1. The van der Waals surface area contributed by atoms with E-state index in [-0.39, 0.29) is 5.97 Å². The van der Waals surface area contributed by atoms with E-state index in [0.717, 1.165) is 39.0 Å². The molecule has 5 rings (SSSR count). The van der Waals surface area contributed by atoms with Crippen LogP contribution in [0.5, 0.6) is 0 Å². The molecule has 31 heavy (non-hydrogen) atoms. The lowest BCUT2D eigenvalue weighted by Crippen LogP contribution is -2.30. The summed E-state index contributed by atoms with van der Waals surface area (Å²) in [7, 11) is 6.03. The molecule has 0 saturated carbocycles. The molecule has 156 valence electrons. The number of nitrogens with zero attached hydrogens (tertiary/aromatic N) is 2. The van der Waals surface area contributed by atoms with Crippen LogP contribution in [0.1, 0.15) is 32.7 Å². The molecule has 0 fully saturated rings. The molecule has 3 aromatic carbocycles. The molecule has 5 nitrogen and oxygen atoms in total. The Morgan fingerprint density at radius 1 is 0.968 bits per heavy atom. The van der Waals surface area contributed by atoms with Crippen molar-refractivity contribution >= 4 is 28.2 Å². The topological polar surface area (TPSA) is 60.5 Å². The first kappa shape index (κ1) is 19.2. The van der Waals surface area contributed by atoms with Crippen molar-refractivity contribution in [3.63, 3.8) is 0 Å². The Morgan fingerprint density at radius 2 is 1.68 bits per heavy atom. The van der Waals surface area contributed by atoms with E-state index >= 15 is 0 Å². The summed E-state index contributed by atoms with van der Waals surface area (Å²) in [4.78, 5) is 15.1. The van der Waals surface area contributed by atoms with Gasteiger partial charge in [0.1, 0.15) is 0 Å². The molecule has 1 aliphatic heterocycles. The van der Waals surface area contributed by atoms with Gasteiger partial charge in [-0.2, -0.15) is 0 Å². The number of carbonyl (C=O) groups is 1. The van der Waals surface area contributed by atoms with E-state index in [2.05, 4.69) is 23.6 Å². The highest BCUT2D eigenvalue weighted by molar-refractivity contribution is 6.01. The molecule has 0 spiro atoms. The maximum absolute atomic E-state index is 13.1. The molecule has 0 amide bonds. The van der Waals surface area contributed by atoms with E-state index in [1.165, 1.54) is 0 Å². The molecule has 1 atom stereocenters. The third-order valence-corrected chi connectivity index (χ3v) is 6.47. The number of cyclic esters (lactones) is 1. The van der Waals surface area contributed by atoms with Crippen molar-refractivity contribution in [1.29, 1.82) is 0 Å². The molecule has 1 unspecified atom stereocenters. The smallest absolute Gasteiger partial charge is 0.340 e. The summed E-state index contributed by atoms with van der Waals surface area (Å²) in [5.41, 5.74) is 12.4. The van der Waals surface area contributed by atoms with Crippen LogP contribution in [0.15, 0.2) is 66.7 Å². The summed E-state index contributed by atoms with van der Waals surface area (Å²) >= 11 is 0. The number of nitrogen functional groups attached to an aromatic ring is 1. The zero-order valence-electron chi connectivity index (χ0n) is 18.1. The fraction of sp³-hybridized carbons (Fsp3) is 0.192. The standard InChI is InChI=1S/C26H25N3O2/c1-16-24(23-21(27)10-7-11-22(23)29(16)4)26(17-12-14-18(15-13-17)28(2)3)20-9-6-5-8-19(20)25(30)31-26/h5-15H,27H2,1-4H3. The minimum atomic E-state index is -1.07. The van der Waals surface area contributed by atoms with E-state index in [4.69, 9.17) is 10.5 Å². The van der Waals surface area contributed by atoms with Crippen molar-refractivity contribution < 1.29 is 9.53 Å². The summed E-state index contributed by atoms with van der Waals surface area (Å²) < 4.78 is 8.44. The van der Waals surface area contributed by atoms with Crippen molar-refractivity contribution in [3.05, 3.63) is 94.7 Å². The average molecular weight is 412 g/mol. The molecular weight excluding hydrogens is 386 g/mol. The largest absolute Gasteiger partial charge is 0.440 e. The number of nitrogens with two attached hydrogens (primary N) is 1. The molecule has 4 aromatic rings. The number of hydrogen-bond acceptors (Lipinski definition) is 4. The lowest BCUT2D eigenvalue weighted by molar-refractivity contribution is 0.0254. The average Bonchev–Trinajstić information content (AvgIpc) is 3.21. The van der Waals surface area contributed by atoms with Crippen LogP contribution in [0, 0.1) is 6.92 Å². The molecular formula is C26H25N3O2. The van der Waals surface area contributed by atoms with Crippen LogP contribution in [-0.4, -0.2) is 24.6 Å². The van der Waals surface area contributed by atoms with Gasteiger partial charge in [-0.1, -0.05) is 36.4 Å². The lowest BCUT2D eigenvalue weighted by Gasteiger charge is -2.31. The van der Waals surface area contributed by atoms with Crippen LogP contribution in [-0.2, 0) is 17.4 Å². The summed E-state index contributed by atoms with van der Waals surface area (Å²) in [6.45, 7) is 2.06. The normalized spacial score (nSPS) is 17.6. The maximum Gasteiger partial charge on any atom is 0.340 e. The van der Waals surface area contributed by atoms with E-state index in [9.17, 15) is 4.79 Å². The monoisotopic (exact) mass is 411 g/mol. The number of fused-ring (bicyclic) bond motifs is 2. The minimum Gasteiger partial charge on any atom is -0.440 e. The Balaban J connectivity index is 1.92. The van der Waals surface area contributed by atoms with E-state index in [1.54, 1.807) is 0 Å². The second-order valence-corrected chi connectivity index (χ2v) is 8.32. The Bertz CT molecular complexity index is 1340. The second-order valence-electron chi connectivity index (χ2n) is 8.32. The summed E-state index contributed by atoms with van der Waals surface area (Å²) in [5.74, 6) is -0.321. The highest BCUT2D eigenvalue weighted by Gasteiger charge is 2.51. The quantitative estimate of drug-likeness (QED) is 0.395. The van der Waals surface area contributed by atoms with Crippen molar-refractivity contribution in [1.82, 2.24) is 4.57 Å². The molecule has 0 saturated heterocycles. The van der Waals surface area contributed by atoms with Gasteiger partial charge in [-0.25, -0.2) is 4.79 Å². The van der Waals surface area contributed by atoms with Gasteiger partial charge in [0.25, 0.3) is 0 Å². The number of ether oxygens (including phenoxy) is 1. The molecule has 2 N–H and O–H groups in total. The van der Waals surface area contributed by atoms with Crippen LogP contribution in [0.25, 0.3) is 10.9 Å². The Labute approximate surface area is 181 Å². The van der Waals surface area contributed by atoms with Gasteiger partial charge in [-0.3, -0.25) is 0 Å². The Hall–Kier alpha value is -3.73. The second kappa shape index (κ2) is 6.64. The van der Waals surface area contributed by atoms with Crippen molar-refractivity contribution in [2.24, 2.45) is 7.05 Å². The SMILES string of the molecule is Cc1c(C2(c3ccc(N(C)C)cc3)OC(=O)c3ccccc32)c2c(N)cccc2n1C. The fourth-order valence-corrected chi connectivity index (χ4v) is 4.83. The predicted octanol–water partition coefficient (Wildman–Crippen LogP) is 4.60. The van der Waals surface area contributed by atoms with Gasteiger partial charge in [-0.05, 0) is 37.3 Å². The molecule has 0 aliphatic carbocycles. The van der Waals surface area contributed by atoms with E-state index in [0.29, 0.717) is 11.3 Å². The number of anilines is 2. The first-order valence-electron chi connectivity index (χ1n) is 10.3. The molecule has 2 heterocycles. The Kier molecular flexibility index (Phi) is 4.12. The number of carbonyl (C=O) groups excluding carboxylic acids is 1. The minimum absolute atomic E-state index is 0.321. The predicted molar refractivity (Wildman–Crippen MR) is 125 cm³/mol. The van der Waals surface area contributed by atoms with Crippen LogP contribution in [0.4, 0.5) is 11.4 Å². The van der Waals surface area contributed by atoms with Crippen molar-refractivity contribution in [2.45, 2.75) is 12.5 Å². The zero-order chi connectivity index (χ0) is 21.9. The van der Waals surface area contributed by atoms with Gasteiger partial charge in [-0.15, -0.1) is 0 Å². The van der Waals surface area contributed by atoms with E-state index in [1.807, 2.05) is 80.6 Å². The van der Waals surface area contributed by atoms with Crippen LogP contribution in [0.3, 0.4) is 0 Å². The summed E-state index contributed by atoms with van der Waals surface area (Å²) in [6, 6.07) is 21.7. The molecule has 1 aromatic heterocycles. The lowest BCUT2D eigenvalue weighted by atomic mass is 9.78. The first-order chi connectivity index (χ1) is 14.9.